The Morgan fingerprint density at radius 2 is 2.56 bits per heavy atom. The van der Waals surface area contributed by atoms with Gasteiger partial charge in [-0.3, -0.25) is 4.79 Å². The first kappa shape index (κ1) is 13.0. The summed E-state index contributed by atoms with van der Waals surface area (Å²) in [4.78, 5) is 15.8. The van der Waals surface area contributed by atoms with Crippen molar-refractivity contribution in [2.75, 3.05) is 26.3 Å². The Hall–Kier alpha value is -1.44. The van der Waals surface area contributed by atoms with Gasteiger partial charge in [0, 0.05) is 38.9 Å². The molecule has 1 aromatic heterocycles. The topological polar surface area (TPSA) is 102 Å². The van der Waals surface area contributed by atoms with Gasteiger partial charge in [0.25, 0.3) is 5.91 Å². The number of aliphatic hydroxyl groups is 1. The van der Waals surface area contributed by atoms with Crippen LogP contribution in [0.3, 0.4) is 0 Å². The number of carbonyl (C=O) groups is 1. The van der Waals surface area contributed by atoms with Crippen molar-refractivity contribution in [3.05, 3.63) is 18.2 Å². The molecule has 1 unspecified atom stereocenters. The standard InChI is InChI=1S/C11H18N4O3/c12-2-3-15-5-9(14-8-15)10(16)13-6-11(17)1-4-18-7-11/h5,8,17H,1-4,6-7,12H2,(H,13,16). The summed E-state index contributed by atoms with van der Waals surface area (Å²) in [6.45, 7) is 2.08. The molecular weight excluding hydrogens is 236 g/mol. The molecule has 1 amide bonds. The lowest BCUT2D eigenvalue weighted by Crippen LogP contribution is -2.43. The number of imidazole rings is 1. The van der Waals surface area contributed by atoms with Gasteiger partial charge in [0.2, 0.25) is 0 Å². The Morgan fingerprint density at radius 3 is 3.22 bits per heavy atom. The van der Waals surface area contributed by atoms with E-state index in [0.29, 0.717) is 31.8 Å². The van der Waals surface area contributed by atoms with Gasteiger partial charge < -0.3 is 25.5 Å². The highest BCUT2D eigenvalue weighted by atomic mass is 16.5. The molecule has 0 radical (unpaired) electrons. The molecule has 1 atom stereocenters. The Morgan fingerprint density at radius 1 is 1.72 bits per heavy atom. The van der Waals surface area contributed by atoms with Crippen LogP contribution in [0, 0.1) is 0 Å². The van der Waals surface area contributed by atoms with Crippen LogP contribution in [-0.4, -0.2) is 52.5 Å². The van der Waals surface area contributed by atoms with Gasteiger partial charge in [-0.15, -0.1) is 0 Å². The summed E-state index contributed by atoms with van der Waals surface area (Å²) in [5, 5.41) is 12.7. The minimum Gasteiger partial charge on any atom is -0.386 e. The third-order valence-corrected chi connectivity index (χ3v) is 2.91. The monoisotopic (exact) mass is 254 g/mol. The van der Waals surface area contributed by atoms with Crippen molar-refractivity contribution in [1.82, 2.24) is 14.9 Å². The SMILES string of the molecule is NCCn1cnc(C(=O)NCC2(O)CCOC2)c1. The second kappa shape index (κ2) is 5.47. The number of nitrogens with two attached hydrogens (primary N) is 1. The molecule has 0 aromatic carbocycles. The first-order chi connectivity index (χ1) is 8.63. The molecule has 1 aliphatic heterocycles. The molecule has 18 heavy (non-hydrogen) atoms. The molecule has 1 aliphatic rings. The molecule has 1 aromatic rings. The average molecular weight is 254 g/mol. The third-order valence-electron chi connectivity index (χ3n) is 2.91. The lowest BCUT2D eigenvalue weighted by molar-refractivity contribution is 0.0264. The van der Waals surface area contributed by atoms with Crippen molar-refractivity contribution in [1.29, 1.82) is 0 Å². The average Bonchev–Trinajstić information content (AvgIpc) is 2.97. The molecule has 2 heterocycles. The summed E-state index contributed by atoms with van der Waals surface area (Å²) in [5.41, 5.74) is 4.78. The number of nitrogens with zero attached hydrogens (tertiary/aromatic N) is 2. The summed E-state index contributed by atoms with van der Waals surface area (Å²) in [7, 11) is 0. The van der Waals surface area contributed by atoms with Gasteiger partial charge >= 0.3 is 0 Å². The highest BCUT2D eigenvalue weighted by Gasteiger charge is 2.32. The third kappa shape index (κ3) is 3.06. The molecule has 2 rings (SSSR count). The predicted molar refractivity (Wildman–Crippen MR) is 64.0 cm³/mol. The van der Waals surface area contributed by atoms with Gasteiger partial charge in [-0.2, -0.15) is 0 Å². The number of aromatic nitrogens is 2. The van der Waals surface area contributed by atoms with Crippen LogP contribution in [-0.2, 0) is 11.3 Å². The number of hydrogen-bond acceptors (Lipinski definition) is 5. The number of hydrogen-bond donors (Lipinski definition) is 3. The lowest BCUT2D eigenvalue weighted by Gasteiger charge is -2.20. The van der Waals surface area contributed by atoms with Crippen LogP contribution in [0.1, 0.15) is 16.9 Å². The second-order valence-corrected chi connectivity index (χ2v) is 4.50. The van der Waals surface area contributed by atoms with Crippen LogP contribution in [0.4, 0.5) is 0 Å². The second-order valence-electron chi connectivity index (χ2n) is 4.50. The van der Waals surface area contributed by atoms with Crippen LogP contribution in [0.5, 0.6) is 0 Å². The summed E-state index contributed by atoms with van der Waals surface area (Å²) in [6, 6.07) is 0. The zero-order chi connectivity index (χ0) is 13.0. The molecule has 1 saturated heterocycles. The van der Waals surface area contributed by atoms with E-state index < -0.39 is 5.60 Å². The van der Waals surface area contributed by atoms with Crippen molar-refractivity contribution in [3.8, 4) is 0 Å². The van der Waals surface area contributed by atoms with Crippen molar-refractivity contribution in [3.63, 3.8) is 0 Å². The molecule has 100 valence electrons. The molecule has 4 N–H and O–H groups in total. The zero-order valence-electron chi connectivity index (χ0n) is 10.1. The minimum absolute atomic E-state index is 0.176. The summed E-state index contributed by atoms with van der Waals surface area (Å²) < 4.78 is 6.85. The number of nitrogens with one attached hydrogen (secondary N) is 1. The maximum Gasteiger partial charge on any atom is 0.271 e. The number of ether oxygens (including phenoxy) is 1. The van der Waals surface area contributed by atoms with Crippen molar-refractivity contribution < 1.29 is 14.6 Å². The first-order valence-electron chi connectivity index (χ1n) is 5.93. The van der Waals surface area contributed by atoms with E-state index in [1.807, 2.05) is 0 Å². The summed E-state index contributed by atoms with van der Waals surface area (Å²) in [6.07, 6.45) is 3.74. The Labute approximate surface area is 105 Å². The van der Waals surface area contributed by atoms with E-state index in [1.165, 1.54) is 0 Å². The highest BCUT2D eigenvalue weighted by molar-refractivity contribution is 5.92. The van der Waals surface area contributed by atoms with Crippen LogP contribution >= 0.6 is 0 Å². The van der Waals surface area contributed by atoms with E-state index in [-0.39, 0.29) is 19.1 Å². The van der Waals surface area contributed by atoms with Gasteiger partial charge in [-0.1, -0.05) is 0 Å². The molecule has 0 spiro atoms. The number of amides is 1. The molecule has 0 bridgehead atoms. The van der Waals surface area contributed by atoms with Crippen LogP contribution in [0.15, 0.2) is 12.5 Å². The van der Waals surface area contributed by atoms with E-state index >= 15 is 0 Å². The van der Waals surface area contributed by atoms with E-state index in [2.05, 4.69) is 10.3 Å². The van der Waals surface area contributed by atoms with Gasteiger partial charge in [0.15, 0.2) is 0 Å². The van der Waals surface area contributed by atoms with Gasteiger partial charge in [0.05, 0.1) is 12.9 Å². The molecule has 0 aliphatic carbocycles. The Kier molecular flexibility index (Phi) is 3.95. The van der Waals surface area contributed by atoms with Gasteiger partial charge in [0.1, 0.15) is 11.3 Å². The van der Waals surface area contributed by atoms with Gasteiger partial charge in [-0.25, -0.2) is 4.98 Å². The van der Waals surface area contributed by atoms with E-state index in [9.17, 15) is 9.90 Å². The Bertz CT molecular complexity index is 412. The van der Waals surface area contributed by atoms with Crippen LogP contribution < -0.4 is 11.1 Å². The number of rotatable bonds is 5. The summed E-state index contributed by atoms with van der Waals surface area (Å²) in [5.74, 6) is -0.300. The maximum atomic E-state index is 11.8. The fraction of sp³-hybridized carbons (Fsp3) is 0.636. The fourth-order valence-corrected chi connectivity index (χ4v) is 1.82. The quantitative estimate of drug-likeness (QED) is 0.607. The molecule has 7 nitrogen and oxygen atoms in total. The largest absolute Gasteiger partial charge is 0.386 e. The molecular formula is C11H18N4O3. The summed E-state index contributed by atoms with van der Waals surface area (Å²) >= 11 is 0. The number of carbonyl (C=O) groups excluding carboxylic acids is 1. The highest BCUT2D eigenvalue weighted by Crippen LogP contribution is 2.16. The smallest absolute Gasteiger partial charge is 0.271 e. The van der Waals surface area contributed by atoms with Crippen molar-refractivity contribution >= 4 is 5.91 Å². The normalized spacial score (nSPS) is 23.2. The zero-order valence-corrected chi connectivity index (χ0v) is 10.1. The van der Waals surface area contributed by atoms with Crippen LogP contribution in [0.2, 0.25) is 0 Å². The van der Waals surface area contributed by atoms with Crippen molar-refractivity contribution in [2.45, 2.75) is 18.6 Å². The van der Waals surface area contributed by atoms with Crippen molar-refractivity contribution in [2.24, 2.45) is 5.73 Å². The Balaban J connectivity index is 1.87. The van der Waals surface area contributed by atoms with E-state index in [4.69, 9.17) is 10.5 Å². The molecule has 0 saturated carbocycles. The van der Waals surface area contributed by atoms with Crippen LogP contribution in [0.25, 0.3) is 0 Å². The minimum atomic E-state index is -0.949. The fourth-order valence-electron chi connectivity index (χ4n) is 1.82. The van der Waals surface area contributed by atoms with E-state index in [0.717, 1.165) is 0 Å². The first-order valence-corrected chi connectivity index (χ1v) is 5.93. The predicted octanol–water partition coefficient (Wildman–Crippen LogP) is -1.28. The lowest BCUT2D eigenvalue weighted by atomic mass is 10.0. The van der Waals surface area contributed by atoms with Gasteiger partial charge in [-0.05, 0) is 0 Å². The maximum absolute atomic E-state index is 11.8. The van der Waals surface area contributed by atoms with E-state index in [1.54, 1.807) is 17.1 Å². The molecule has 7 heteroatoms. The molecule has 1 fully saturated rings.